The lowest BCUT2D eigenvalue weighted by Gasteiger charge is -2.10. The van der Waals surface area contributed by atoms with Crippen LogP contribution in [0.4, 0.5) is 0 Å². The maximum Gasteiger partial charge on any atom is 0.309 e. The Hall–Kier alpha value is -1.28. The average molecular weight is 406 g/mol. The Morgan fingerprint density at radius 3 is 1.54 bits per heavy atom. The quantitative estimate of drug-likeness (QED) is 0.343. The zero-order valence-corrected chi connectivity index (χ0v) is 17.2. The molecule has 26 heavy (non-hydrogen) atoms. The van der Waals surface area contributed by atoms with Crippen molar-refractivity contribution in [2.24, 2.45) is 0 Å². The molecule has 0 amide bonds. The maximum absolute atomic E-state index is 12.0. The topological polar surface area (TPSA) is 86.7 Å². The van der Waals surface area contributed by atoms with Crippen LogP contribution in [-0.4, -0.2) is 28.3 Å². The van der Waals surface area contributed by atoms with E-state index in [2.05, 4.69) is 6.07 Å². The molecule has 0 aliphatic heterocycles. The van der Waals surface area contributed by atoms with Gasteiger partial charge >= 0.3 is 20.2 Å². The van der Waals surface area contributed by atoms with Gasteiger partial charge in [0.2, 0.25) is 0 Å². The molecule has 0 aliphatic carbocycles. The minimum atomic E-state index is -3.72. The lowest BCUT2D eigenvalue weighted by Crippen LogP contribution is -2.15. The molecule has 1 aromatic carbocycles. The highest BCUT2D eigenvalue weighted by molar-refractivity contribution is 7.87. The van der Waals surface area contributed by atoms with E-state index in [1.54, 1.807) is 0 Å². The highest BCUT2D eigenvalue weighted by Crippen LogP contribution is 2.22. The summed E-state index contributed by atoms with van der Waals surface area (Å²) in [5, 5.41) is 0. The van der Waals surface area contributed by atoms with Crippen LogP contribution in [-0.2, 0) is 20.2 Å². The maximum atomic E-state index is 12.0. The summed E-state index contributed by atoms with van der Waals surface area (Å²) in [6.07, 6.45) is 6.69. The molecule has 0 aromatic heterocycles. The van der Waals surface area contributed by atoms with Crippen molar-refractivity contribution in [1.29, 1.82) is 0 Å². The molecule has 1 aromatic rings. The van der Waals surface area contributed by atoms with Crippen molar-refractivity contribution in [1.82, 2.24) is 0 Å². The van der Waals surface area contributed by atoms with Crippen molar-refractivity contribution in [3.8, 4) is 11.5 Å². The number of hydrogen-bond donors (Lipinski definition) is 0. The molecule has 149 valence electrons. The average Bonchev–Trinajstić information content (AvgIpc) is 2.55. The Morgan fingerprint density at radius 2 is 1.15 bits per heavy atom. The van der Waals surface area contributed by atoms with Gasteiger partial charge in [-0.1, -0.05) is 52.4 Å². The van der Waals surface area contributed by atoms with Crippen LogP contribution in [0.3, 0.4) is 0 Å². The van der Waals surface area contributed by atoms with Gasteiger partial charge in [0.15, 0.2) is 0 Å². The Balaban J connectivity index is 2.61. The third kappa shape index (κ3) is 10.0. The van der Waals surface area contributed by atoms with E-state index in [4.69, 9.17) is 8.37 Å². The SMILES string of the molecule is CCCCCCS(=O)(=O)Oc1c[c]cc(OS(=O)(=O)CCCCCC)c1. The normalized spacial score (nSPS) is 12.1. The summed E-state index contributed by atoms with van der Waals surface area (Å²) < 4.78 is 57.9. The highest BCUT2D eigenvalue weighted by atomic mass is 32.2. The van der Waals surface area contributed by atoms with Gasteiger partial charge in [0.25, 0.3) is 0 Å². The highest BCUT2D eigenvalue weighted by Gasteiger charge is 2.16. The fourth-order valence-corrected chi connectivity index (χ4v) is 4.37. The van der Waals surface area contributed by atoms with Crippen molar-refractivity contribution in [2.75, 3.05) is 11.5 Å². The predicted octanol–water partition coefficient (Wildman–Crippen LogP) is 4.06. The first-order chi connectivity index (χ1) is 12.3. The second kappa shape index (κ2) is 11.4. The van der Waals surface area contributed by atoms with Crippen LogP contribution >= 0.6 is 0 Å². The van der Waals surface area contributed by atoms with Gasteiger partial charge in [-0.25, -0.2) is 0 Å². The van der Waals surface area contributed by atoms with E-state index in [0.29, 0.717) is 12.8 Å². The van der Waals surface area contributed by atoms with Gasteiger partial charge in [-0.3, -0.25) is 0 Å². The summed E-state index contributed by atoms with van der Waals surface area (Å²) in [6.45, 7) is 4.09. The van der Waals surface area contributed by atoms with E-state index in [-0.39, 0.29) is 23.0 Å². The number of hydrogen-bond acceptors (Lipinski definition) is 6. The minimum Gasteiger partial charge on any atom is -0.382 e. The van der Waals surface area contributed by atoms with Gasteiger partial charge in [0.1, 0.15) is 11.5 Å². The zero-order valence-electron chi connectivity index (χ0n) is 15.6. The molecule has 0 saturated heterocycles. The molecule has 6 nitrogen and oxygen atoms in total. The molecule has 0 atom stereocenters. The van der Waals surface area contributed by atoms with Crippen LogP contribution in [0.5, 0.6) is 11.5 Å². The summed E-state index contributed by atoms with van der Waals surface area (Å²) in [6, 6.07) is 6.58. The third-order valence-electron chi connectivity index (χ3n) is 3.68. The molecule has 0 unspecified atom stereocenters. The standard InChI is InChI=1S/C18H29O6S2/c1-3-5-7-9-14-25(19,20)23-17-12-11-13-18(16-17)24-26(21,22)15-10-8-6-4-2/h12-13,16H,3-10,14-15H2,1-2H3. The van der Waals surface area contributed by atoms with Crippen molar-refractivity contribution in [2.45, 2.75) is 65.2 Å². The summed E-state index contributed by atoms with van der Waals surface area (Å²) in [5.74, 6) is -0.153. The van der Waals surface area contributed by atoms with Crippen LogP contribution in [0.25, 0.3) is 0 Å². The van der Waals surface area contributed by atoms with Gasteiger partial charge in [-0.2, -0.15) is 16.8 Å². The van der Waals surface area contributed by atoms with Crippen LogP contribution < -0.4 is 8.37 Å². The lowest BCUT2D eigenvalue weighted by atomic mass is 10.2. The Bertz CT molecular complexity index is 667. The van der Waals surface area contributed by atoms with Gasteiger partial charge in [0, 0.05) is 6.07 Å². The predicted molar refractivity (Wildman–Crippen MR) is 102 cm³/mol. The molecule has 0 fully saturated rings. The lowest BCUT2D eigenvalue weighted by molar-refractivity contribution is 0.473. The second-order valence-corrected chi connectivity index (χ2v) is 9.60. The summed E-state index contributed by atoms with van der Waals surface area (Å²) in [5.41, 5.74) is 0. The first-order valence-electron chi connectivity index (χ1n) is 9.13. The molecular weight excluding hydrogens is 376 g/mol. The van der Waals surface area contributed by atoms with E-state index < -0.39 is 20.2 Å². The number of rotatable bonds is 14. The number of unbranched alkanes of at least 4 members (excludes halogenated alkanes) is 6. The molecule has 1 radical (unpaired) electrons. The molecule has 0 spiro atoms. The molecule has 0 bridgehead atoms. The van der Waals surface area contributed by atoms with E-state index in [1.165, 1.54) is 18.2 Å². The van der Waals surface area contributed by atoms with Crippen LogP contribution in [0.1, 0.15) is 65.2 Å². The van der Waals surface area contributed by atoms with Crippen LogP contribution in [0.2, 0.25) is 0 Å². The third-order valence-corrected chi connectivity index (χ3v) is 6.15. The smallest absolute Gasteiger partial charge is 0.309 e. The van der Waals surface area contributed by atoms with Gasteiger partial charge in [-0.05, 0) is 31.0 Å². The minimum absolute atomic E-state index is 0.000764. The van der Waals surface area contributed by atoms with E-state index in [9.17, 15) is 16.8 Å². The van der Waals surface area contributed by atoms with Crippen molar-refractivity contribution < 1.29 is 25.2 Å². The van der Waals surface area contributed by atoms with E-state index in [1.807, 2.05) is 13.8 Å². The van der Waals surface area contributed by atoms with Crippen LogP contribution in [0.15, 0.2) is 18.2 Å². The molecule has 0 heterocycles. The fraction of sp³-hybridized carbons (Fsp3) is 0.667. The molecule has 1 rings (SSSR count). The first kappa shape index (κ1) is 22.8. The first-order valence-corrected chi connectivity index (χ1v) is 12.3. The Kier molecular flexibility index (Phi) is 10.0. The van der Waals surface area contributed by atoms with Gasteiger partial charge < -0.3 is 8.37 Å². The Labute approximate surface area is 158 Å². The van der Waals surface area contributed by atoms with Crippen molar-refractivity contribution in [3.05, 3.63) is 24.3 Å². The molecule has 0 N–H and O–H groups in total. The van der Waals surface area contributed by atoms with Gasteiger partial charge in [-0.15, -0.1) is 0 Å². The molecular formula is C18H29O6S2. The van der Waals surface area contributed by atoms with Gasteiger partial charge in [0.05, 0.1) is 11.5 Å². The molecule has 0 aliphatic rings. The Morgan fingerprint density at radius 1 is 0.731 bits per heavy atom. The fourth-order valence-electron chi connectivity index (χ4n) is 2.31. The summed E-state index contributed by atoms with van der Waals surface area (Å²) >= 11 is 0. The molecule has 0 saturated carbocycles. The summed E-state index contributed by atoms with van der Waals surface area (Å²) in [7, 11) is -7.44. The summed E-state index contributed by atoms with van der Waals surface area (Å²) in [4.78, 5) is 0. The van der Waals surface area contributed by atoms with E-state index in [0.717, 1.165) is 38.5 Å². The van der Waals surface area contributed by atoms with Crippen molar-refractivity contribution in [3.63, 3.8) is 0 Å². The zero-order chi connectivity index (χ0) is 19.5. The van der Waals surface area contributed by atoms with Crippen molar-refractivity contribution >= 4 is 20.2 Å². The largest absolute Gasteiger partial charge is 0.382 e. The second-order valence-electron chi connectivity index (χ2n) is 6.22. The number of benzene rings is 1. The van der Waals surface area contributed by atoms with E-state index >= 15 is 0 Å². The monoisotopic (exact) mass is 405 g/mol. The molecule has 8 heteroatoms. The van der Waals surface area contributed by atoms with Crippen LogP contribution in [0, 0.1) is 6.07 Å².